The van der Waals surface area contributed by atoms with Gasteiger partial charge in [0.1, 0.15) is 5.82 Å². The number of aromatic nitrogens is 1. The second-order valence-electron chi connectivity index (χ2n) is 6.06. The van der Waals surface area contributed by atoms with Crippen LogP contribution in [0.3, 0.4) is 0 Å². The Bertz CT molecular complexity index is 502. The minimum absolute atomic E-state index is 0.0953. The molecule has 1 aliphatic rings. The maximum absolute atomic E-state index is 12.3. The molecule has 20 heavy (non-hydrogen) atoms. The zero-order valence-corrected chi connectivity index (χ0v) is 13.0. The molecule has 1 atom stereocenters. The van der Waals surface area contributed by atoms with Crippen LogP contribution in [0.1, 0.15) is 49.9 Å². The van der Waals surface area contributed by atoms with Crippen LogP contribution in [0, 0.1) is 5.41 Å². The van der Waals surface area contributed by atoms with Crippen molar-refractivity contribution in [1.82, 2.24) is 10.3 Å². The summed E-state index contributed by atoms with van der Waals surface area (Å²) in [5.41, 5.74) is 0.658. The highest BCUT2D eigenvalue weighted by molar-refractivity contribution is 6.33. The molecule has 0 spiro atoms. The molecule has 1 unspecified atom stereocenters. The van der Waals surface area contributed by atoms with E-state index in [1.54, 1.807) is 19.3 Å². The third-order valence-electron chi connectivity index (χ3n) is 4.15. The van der Waals surface area contributed by atoms with Crippen LogP contribution in [-0.4, -0.2) is 24.0 Å². The van der Waals surface area contributed by atoms with E-state index in [0.29, 0.717) is 16.4 Å². The third kappa shape index (κ3) is 3.23. The van der Waals surface area contributed by atoms with Crippen LogP contribution < -0.4 is 10.6 Å². The third-order valence-corrected chi connectivity index (χ3v) is 4.44. The van der Waals surface area contributed by atoms with E-state index in [1.807, 2.05) is 0 Å². The van der Waals surface area contributed by atoms with E-state index in [0.717, 1.165) is 12.8 Å². The van der Waals surface area contributed by atoms with Crippen molar-refractivity contribution in [2.75, 3.05) is 12.4 Å². The standard InChI is InChI=1S/C15H22ClN3O/c1-15(2)7-5-4-6-12(15)19-14(20)10-8-11(16)13(17-3)18-9-10/h8-9,12H,4-7H2,1-3H3,(H,17,18)(H,19,20). The molecule has 1 aliphatic carbocycles. The molecule has 1 fully saturated rings. The molecule has 4 nitrogen and oxygen atoms in total. The number of carbonyl (C=O) groups excluding carboxylic acids is 1. The van der Waals surface area contributed by atoms with E-state index < -0.39 is 0 Å². The number of amides is 1. The number of carbonyl (C=O) groups is 1. The molecule has 2 rings (SSSR count). The number of pyridine rings is 1. The normalized spacial score (nSPS) is 21.3. The molecule has 5 heteroatoms. The summed E-state index contributed by atoms with van der Waals surface area (Å²) in [6.07, 6.45) is 6.16. The van der Waals surface area contributed by atoms with Gasteiger partial charge < -0.3 is 10.6 Å². The van der Waals surface area contributed by atoms with Crippen LogP contribution in [-0.2, 0) is 0 Å². The van der Waals surface area contributed by atoms with Gasteiger partial charge in [0.15, 0.2) is 0 Å². The van der Waals surface area contributed by atoms with E-state index in [9.17, 15) is 4.79 Å². The lowest BCUT2D eigenvalue weighted by molar-refractivity contribution is 0.0853. The molecule has 1 aromatic rings. The van der Waals surface area contributed by atoms with Crippen LogP contribution in [0.2, 0.25) is 5.02 Å². The van der Waals surface area contributed by atoms with Crippen molar-refractivity contribution in [3.05, 3.63) is 22.8 Å². The van der Waals surface area contributed by atoms with Crippen molar-refractivity contribution in [3.8, 4) is 0 Å². The number of anilines is 1. The average Bonchev–Trinajstić information content (AvgIpc) is 2.41. The number of nitrogens with one attached hydrogen (secondary N) is 2. The summed E-state index contributed by atoms with van der Waals surface area (Å²) in [4.78, 5) is 16.5. The van der Waals surface area contributed by atoms with Crippen LogP contribution in [0.15, 0.2) is 12.3 Å². The Hall–Kier alpha value is -1.29. The lowest BCUT2D eigenvalue weighted by Gasteiger charge is -2.39. The van der Waals surface area contributed by atoms with Crippen LogP contribution in [0.25, 0.3) is 0 Å². The number of nitrogens with zero attached hydrogens (tertiary/aromatic N) is 1. The number of rotatable bonds is 3. The summed E-state index contributed by atoms with van der Waals surface area (Å²) in [6, 6.07) is 1.87. The van der Waals surface area contributed by atoms with Gasteiger partial charge in [0.05, 0.1) is 10.6 Å². The second-order valence-corrected chi connectivity index (χ2v) is 6.47. The lowest BCUT2D eigenvalue weighted by atomic mass is 9.73. The predicted molar refractivity (Wildman–Crippen MR) is 82.3 cm³/mol. The number of hydrogen-bond acceptors (Lipinski definition) is 3. The molecular formula is C15H22ClN3O. The first kappa shape index (κ1) is 15.1. The molecular weight excluding hydrogens is 274 g/mol. The Labute approximate surface area is 125 Å². The summed E-state index contributed by atoms with van der Waals surface area (Å²) < 4.78 is 0. The Kier molecular flexibility index (Phi) is 4.53. The van der Waals surface area contributed by atoms with E-state index in [2.05, 4.69) is 29.5 Å². The molecule has 0 saturated heterocycles. The Morgan fingerprint density at radius 1 is 1.45 bits per heavy atom. The van der Waals surface area contributed by atoms with Crippen molar-refractivity contribution in [3.63, 3.8) is 0 Å². The highest BCUT2D eigenvalue weighted by Gasteiger charge is 2.33. The van der Waals surface area contributed by atoms with Gasteiger partial charge in [-0.2, -0.15) is 0 Å². The van der Waals surface area contributed by atoms with Crippen molar-refractivity contribution in [2.24, 2.45) is 5.41 Å². The van der Waals surface area contributed by atoms with Gasteiger partial charge in [-0.15, -0.1) is 0 Å². The predicted octanol–water partition coefficient (Wildman–Crippen LogP) is 3.48. The van der Waals surface area contributed by atoms with Crippen LogP contribution in [0.5, 0.6) is 0 Å². The van der Waals surface area contributed by atoms with Gasteiger partial charge in [-0.1, -0.05) is 38.3 Å². The zero-order chi connectivity index (χ0) is 14.8. The molecule has 2 N–H and O–H groups in total. The summed E-state index contributed by atoms with van der Waals surface area (Å²) in [6.45, 7) is 4.43. The fourth-order valence-electron chi connectivity index (χ4n) is 2.75. The first-order chi connectivity index (χ1) is 9.44. The molecule has 0 radical (unpaired) electrons. The van der Waals surface area contributed by atoms with Gasteiger partial charge in [-0.25, -0.2) is 4.98 Å². The van der Waals surface area contributed by atoms with E-state index in [4.69, 9.17) is 11.6 Å². The topological polar surface area (TPSA) is 54.0 Å². The Morgan fingerprint density at radius 3 is 2.80 bits per heavy atom. The molecule has 1 saturated carbocycles. The van der Waals surface area contributed by atoms with Gasteiger partial charge in [0.2, 0.25) is 0 Å². The smallest absolute Gasteiger partial charge is 0.253 e. The van der Waals surface area contributed by atoms with E-state index in [-0.39, 0.29) is 17.4 Å². The Balaban J connectivity index is 2.10. The Morgan fingerprint density at radius 2 is 2.20 bits per heavy atom. The number of halogens is 1. The fourth-order valence-corrected chi connectivity index (χ4v) is 3.01. The SMILES string of the molecule is CNc1ncc(C(=O)NC2CCCCC2(C)C)cc1Cl. The quantitative estimate of drug-likeness (QED) is 0.898. The van der Waals surface area contributed by atoms with Crippen molar-refractivity contribution in [2.45, 2.75) is 45.6 Å². The van der Waals surface area contributed by atoms with Gasteiger partial charge in [-0.3, -0.25) is 4.79 Å². The molecule has 1 heterocycles. The van der Waals surface area contributed by atoms with Crippen molar-refractivity contribution in [1.29, 1.82) is 0 Å². The summed E-state index contributed by atoms with van der Waals surface area (Å²) in [5, 5.41) is 6.47. The van der Waals surface area contributed by atoms with Crippen LogP contribution >= 0.6 is 11.6 Å². The summed E-state index contributed by atoms with van der Waals surface area (Å²) >= 11 is 6.07. The van der Waals surface area contributed by atoms with E-state index >= 15 is 0 Å². The van der Waals surface area contributed by atoms with Gasteiger partial charge in [0, 0.05) is 19.3 Å². The minimum Gasteiger partial charge on any atom is -0.372 e. The second kappa shape index (κ2) is 6.00. The minimum atomic E-state index is -0.0953. The summed E-state index contributed by atoms with van der Waals surface area (Å²) in [7, 11) is 1.75. The average molecular weight is 296 g/mol. The fraction of sp³-hybridized carbons (Fsp3) is 0.600. The van der Waals surface area contributed by atoms with Crippen molar-refractivity contribution < 1.29 is 4.79 Å². The molecule has 0 bridgehead atoms. The van der Waals surface area contributed by atoms with Crippen LogP contribution in [0.4, 0.5) is 5.82 Å². The van der Waals surface area contributed by atoms with Gasteiger partial charge in [0.25, 0.3) is 5.91 Å². The number of hydrogen-bond donors (Lipinski definition) is 2. The molecule has 0 aromatic carbocycles. The highest BCUT2D eigenvalue weighted by Crippen LogP contribution is 2.35. The molecule has 110 valence electrons. The van der Waals surface area contributed by atoms with Gasteiger partial charge in [-0.05, 0) is 24.3 Å². The van der Waals surface area contributed by atoms with Gasteiger partial charge >= 0.3 is 0 Å². The highest BCUT2D eigenvalue weighted by atomic mass is 35.5. The molecule has 1 amide bonds. The molecule has 1 aromatic heterocycles. The zero-order valence-electron chi connectivity index (χ0n) is 12.3. The summed E-state index contributed by atoms with van der Waals surface area (Å²) in [5.74, 6) is 0.489. The largest absolute Gasteiger partial charge is 0.372 e. The lowest BCUT2D eigenvalue weighted by Crippen LogP contribution is -2.46. The van der Waals surface area contributed by atoms with E-state index in [1.165, 1.54) is 12.8 Å². The maximum Gasteiger partial charge on any atom is 0.253 e. The monoisotopic (exact) mass is 295 g/mol. The van der Waals surface area contributed by atoms with Crippen molar-refractivity contribution >= 4 is 23.3 Å². The first-order valence-corrected chi connectivity index (χ1v) is 7.46. The maximum atomic E-state index is 12.3. The molecule has 0 aliphatic heterocycles. The first-order valence-electron chi connectivity index (χ1n) is 7.08.